The minimum Gasteiger partial charge on any atom is -0.484 e. The molecule has 31 heavy (non-hydrogen) atoms. The standard InChI is InChI=1S/C23H27NO6S/c1-12(2)15-7-6-14(10-13(15)3)30-11-18(25)24-21-20(23(27)29-5)19-16(22(26)28-4)8-9-17(19)31-21/h6-7,10,12,16H,8-9,11H2,1-5H3,(H,24,25)/t16-/m0/s1. The SMILES string of the molecule is COC(=O)c1c(NC(=O)COc2ccc(C(C)C)c(C)c2)sc2c1[C@@H](C(=O)OC)CC2. The summed E-state index contributed by atoms with van der Waals surface area (Å²) in [4.78, 5) is 38.0. The van der Waals surface area contributed by atoms with E-state index in [9.17, 15) is 14.4 Å². The number of hydrogen-bond donors (Lipinski definition) is 1. The first-order valence-corrected chi connectivity index (χ1v) is 10.9. The highest BCUT2D eigenvalue weighted by Crippen LogP contribution is 2.45. The molecular formula is C23H27NO6S. The van der Waals surface area contributed by atoms with Gasteiger partial charge in [0.2, 0.25) is 0 Å². The van der Waals surface area contributed by atoms with Gasteiger partial charge in [-0.25, -0.2) is 4.79 Å². The van der Waals surface area contributed by atoms with Crippen LogP contribution >= 0.6 is 11.3 Å². The molecule has 0 radical (unpaired) electrons. The van der Waals surface area contributed by atoms with Gasteiger partial charge < -0.3 is 19.5 Å². The monoisotopic (exact) mass is 445 g/mol. The Bertz CT molecular complexity index is 1010. The molecule has 1 aliphatic rings. The number of carbonyl (C=O) groups is 3. The molecule has 1 atom stereocenters. The molecule has 166 valence electrons. The Kier molecular flexibility index (Phi) is 7.00. The molecular weight excluding hydrogens is 418 g/mol. The lowest BCUT2D eigenvalue weighted by molar-refractivity contribution is -0.142. The highest BCUT2D eigenvalue weighted by molar-refractivity contribution is 7.17. The first-order chi connectivity index (χ1) is 14.8. The van der Waals surface area contributed by atoms with Crippen molar-refractivity contribution in [1.29, 1.82) is 0 Å². The quantitative estimate of drug-likeness (QED) is 0.643. The van der Waals surface area contributed by atoms with Gasteiger partial charge in [0.25, 0.3) is 5.91 Å². The highest BCUT2D eigenvalue weighted by atomic mass is 32.1. The molecule has 1 aliphatic carbocycles. The fourth-order valence-electron chi connectivity index (χ4n) is 3.93. The fourth-order valence-corrected chi connectivity index (χ4v) is 5.21. The van der Waals surface area contributed by atoms with Crippen LogP contribution in [0.5, 0.6) is 5.75 Å². The molecule has 0 aliphatic heterocycles. The maximum Gasteiger partial charge on any atom is 0.341 e. The van der Waals surface area contributed by atoms with Crippen LogP contribution in [0.3, 0.4) is 0 Å². The van der Waals surface area contributed by atoms with Gasteiger partial charge in [-0.15, -0.1) is 11.3 Å². The van der Waals surface area contributed by atoms with Crippen molar-refractivity contribution in [1.82, 2.24) is 0 Å². The second-order valence-corrected chi connectivity index (χ2v) is 8.86. The number of rotatable bonds is 7. The summed E-state index contributed by atoms with van der Waals surface area (Å²) in [6.07, 6.45) is 1.21. The van der Waals surface area contributed by atoms with Crippen LogP contribution in [0.1, 0.15) is 64.0 Å². The second kappa shape index (κ2) is 9.51. The van der Waals surface area contributed by atoms with Crippen LogP contribution in [0.4, 0.5) is 5.00 Å². The van der Waals surface area contributed by atoms with Crippen molar-refractivity contribution in [3.8, 4) is 5.75 Å². The Balaban J connectivity index is 1.75. The number of carbonyl (C=O) groups excluding carboxylic acids is 3. The maximum absolute atomic E-state index is 12.5. The zero-order valence-electron chi connectivity index (χ0n) is 18.4. The summed E-state index contributed by atoms with van der Waals surface area (Å²) in [6.45, 7) is 6.05. The van der Waals surface area contributed by atoms with E-state index >= 15 is 0 Å². The molecule has 8 heteroatoms. The number of hydrogen-bond acceptors (Lipinski definition) is 7. The molecule has 7 nitrogen and oxygen atoms in total. The Morgan fingerprint density at radius 2 is 1.94 bits per heavy atom. The topological polar surface area (TPSA) is 90.9 Å². The summed E-state index contributed by atoms with van der Waals surface area (Å²) >= 11 is 1.29. The number of nitrogens with one attached hydrogen (secondary N) is 1. The Hall–Kier alpha value is -2.87. The van der Waals surface area contributed by atoms with E-state index in [2.05, 4.69) is 19.2 Å². The third kappa shape index (κ3) is 4.74. The molecule has 1 aromatic carbocycles. The molecule has 0 saturated heterocycles. The lowest BCUT2D eigenvalue weighted by Gasteiger charge is -2.13. The summed E-state index contributed by atoms with van der Waals surface area (Å²) in [5.74, 6) is -0.916. The van der Waals surface area contributed by atoms with Crippen molar-refractivity contribution in [3.63, 3.8) is 0 Å². The average molecular weight is 446 g/mol. The van der Waals surface area contributed by atoms with Gasteiger partial charge in [-0.3, -0.25) is 9.59 Å². The van der Waals surface area contributed by atoms with Gasteiger partial charge >= 0.3 is 11.9 Å². The Labute approximate surface area is 185 Å². The smallest absolute Gasteiger partial charge is 0.341 e. The number of thiophene rings is 1. The molecule has 1 amide bonds. The van der Waals surface area contributed by atoms with E-state index in [1.807, 2.05) is 25.1 Å². The highest BCUT2D eigenvalue weighted by Gasteiger charge is 2.38. The van der Waals surface area contributed by atoms with Crippen LogP contribution in [-0.4, -0.2) is 38.7 Å². The van der Waals surface area contributed by atoms with Crippen LogP contribution in [0, 0.1) is 6.92 Å². The molecule has 2 aromatic rings. The summed E-state index contributed by atoms with van der Waals surface area (Å²) < 4.78 is 15.4. The van der Waals surface area contributed by atoms with E-state index in [0.717, 1.165) is 10.4 Å². The number of anilines is 1. The summed E-state index contributed by atoms with van der Waals surface area (Å²) in [7, 11) is 2.59. The lowest BCUT2D eigenvalue weighted by atomic mass is 9.98. The summed E-state index contributed by atoms with van der Waals surface area (Å²) in [5.41, 5.74) is 3.15. The molecule has 0 bridgehead atoms. The number of aryl methyl sites for hydroxylation is 2. The van der Waals surface area contributed by atoms with E-state index in [1.165, 1.54) is 31.1 Å². The van der Waals surface area contributed by atoms with E-state index < -0.39 is 23.8 Å². The van der Waals surface area contributed by atoms with Gasteiger partial charge in [0.15, 0.2) is 6.61 Å². The molecule has 0 saturated carbocycles. The van der Waals surface area contributed by atoms with Gasteiger partial charge in [-0.05, 0) is 54.5 Å². The zero-order valence-corrected chi connectivity index (χ0v) is 19.2. The van der Waals surface area contributed by atoms with Crippen LogP contribution < -0.4 is 10.1 Å². The molecule has 1 aromatic heterocycles. The van der Waals surface area contributed by atoms with E-state index in [0.29, 0.717) is 35.1 Å². The predicted molar refractivity (Wildman–Crippen MR) is 118 cm³/mol. The van der Waals surface area contributed by atoms with Gasteiger partial charge in [0.1, 0.15) is 10.8 Å². The van der Waals surface area contributed by atoms with Gasteiger partial charge in [-0.2, -0.15) is 0 Å². The Morgan fingerprint density at radius 3 is 2.55 bits per heavy atom. The van der Waals surface area contributed by atoms with Gasteiger partial charge in [0, 0.05) is 4.88 Å². The molecule has 0 unspecified atom stereocenters. The molecule has 1 N–H and O–H groups in total. The first-order valence-electron chi connectivity index (χ1n) is 10.1. The van der Waals surface area contributed by atoms with Gasteiger partial charge in [-0.1, -0.05) is 19.9 Å². The number of ether oxygens (including phenoxy) is 3. The minimum absolute atomic E-state index is 0.204. The summed E-state index contributed by atoms with van der Waals surface area (Å²) in [5, 5.41) is 3.11. The molecule has 1 heterocycles. The number of amides is 1. The predicted octanol–water partition coefficient (Wildman–Crippen LogP) is 4.19. The maximum atomic E-state index is 12.5. The van der Waals surface area contributed by atoms with E-state index in [4.69, 9.17) is 14.2 Å². The van der Waals surface area contributed by atoms with Crippen molar-refractivity contribution in [2.24, 2.45) is 0 Å². The first kappa shape index (κ1) is 22.8. The Morgan fingerprint density at radius 1 is 1.19 bits per heavy atom. The van der Waals surface area contributed by atoms with Crippen molar-refractivity contribution in [3.05, 3.63) is 45.3 Å². The second-order valence-electron chi connectivity index (χ2n) is 7.76. The number of methoxy groups -OCH3 is 2. The van der Waals surface area contributed by atoms with Crippen molar-refractivity contribution in [2.75, 3.05) is 26.1 Å². The lowest BCUT2D eigenvalue weighted by Crippen LogP contribution is -2.22. The molecule has 0 fully saturated rings. The fraction of sp³-hybridized carbons (Fsp3) is 0.435. The number of benzene rings is 1. The van der Waals surface area contributed by atoms with Crippen LogP contribution in [0.25, 0.3) is 0 Å². The summed E-state index contributed by atoms with van der Waals surface area (Å²) in [6, 6.07) is 5.75. The van der Waals surface area contributed by atoms with Crippen LogP contribution in [-0.2, 0) is 25.5 Å². The van der Waals surface area contributed by atoms with Crippen LogP contribution in [0.2, 0.25) is 0 Å². The third-order valence-electron chi connectivity index (χ3n) is 5.39. The van der Waals surface area contributed by atoms with E-state index in [-0.39, 0.29) is 12.2 Å². The average Bonchev–Trinajstić information content (AvgIpc) is 3.29. The van der Waals surface area contributed by atoms with Crippen molar-refractivity contribution >= 4 is 34.2 Å². The minimum atomic E-state index is -0.593. The largest absolute Gasteiger partial charge is 0.484 e. The number of esters is 2. The van der Waals surface area contributed by atoms with Crippen molar-refractivity contribution in [2.45, 2.75) is 45.4 Å². The van der Waals surface area contributed by atoms with Gasteiger partial charge in [0.05, 0.1) is 25.7 Å². The molecule has 0 spiro atoms. The number of fused-ring (bicyclic) bond motifs is 1. The van der Waals surface area contributed by atoms with Crippen LogP contribution in [0.15, 0.2) is 18.2 Å². The van der Waals surface area contributed by atoms with Crippen molar-refractivity contribution < 1.29 is 28.6 Å². The van der Waals surface area contributed by atoms with E-state index in [1.54, 1.807) is 0 Å². The normalized spacial score (nSPS) is 14.8. The third-order valence-corrected chi connectivity index (χ3v) is 6.57. The zero-order chi connectivity index (χ0) is 22.7. The molecule has 3 rings (SSSR count).